The van der Waals surface area contributed by atoms with Crippen LogP contribution in [0.25, 0.3) is 54.9 Å². The van der Waals surface area contributed by atoms with Crippen molar-refractivity contribution in [2.24, 2.45) is 0 Å². The molecule has 2 nitrogen and oxygen atoms in total. The van der Waals surface area contributed by atoms with E-state index in [-0.39, 0.29) is 16.2 Å². The SMILES string of the molecule is Cc1ccc(-c2c3ccc(N4C5=C(CCC=C5)C(C)(C)c5ccccc54)cc3c(-c3ccc4c(c3)C(C)(C)c3ccccc3-4)c3ccc(N4c5ccccc5C(C)(C)c5ccccc54)cc23)cc1C. The Morgan fingerprint density at radius 2 is 0.884 bits per heavy atom. The normalized spacial score (nSPS) is 16.8. The van der Waals surface area contributed by atoms with Crippen LogP contribution in [0.5, 0.6) is 0 Å². The Morgan fingerprint density at radius 3 is 1.51 bits per heavy atom. The first kappa shape index (κ1) is 41.7. The molecule has 0 saturated carbocycles. The molecule has 9 aromatic carbocycles. The molecule has 0 radical (unpaired) electrons. The van der Waals surface area contributed by atoms with Crippen LogP contribution in [0, 0.1) is 13.8 Å². The van der Waals surface area contributed by atoms with E-state index in [9.17, 15) is 0 Å². The summed E-state index contributed by atoms with van der Waals surface area (Å²) in [4.78, 5) is 5.08. The standard InChI is InChI=1S/C67H58N2/c1-41-29-30-43(37-42(41)2)63-49-35-32-46(69-61-27-17-13-23-56(61)67(7,8)57-24-14-18-28-62(57)69)40-52(49)64(44-31-34-48-47-19-9-10-20-53(47)65(3,4)58(48)38-44)50-36-33-45(39-51(50)63)68-59-25-15-11-21-54(59)66(5,6)55-22-12-16-26-60(55)68/h9-13,15-23,25-40H,14,24H2,1-8H3. The Kier molecular flexibility index (Phi) is 8.95. The van der Waals surface area contributed by atoms with Crippen LogP contribution in [-0.2, 0) is 16.2 Å². The highest BCUT2D eigenvalue weighted by Crippen LogP contribution is 2.56. The fourth-order valence-electron chi connectivity index (χ4n) is 13.1. The van der Waals surface area contributed by atoms with E-state index >= 15 is 0 Å². The lowest BCUT2D eigenvalue weighted by Crippen LogP contribution is -2.34. The highest BCUT2D eigenvalue weighted by Gasteiger charge is 2.40. The largest absolute Gasteiger partial charge is 0.310 e. The first-order valence-corrected chi connectivity index (χ1v) is 25.0. The van der Waals surface area contributed by atoms with Crippen LogP contribution in [0.4, 0.5) is 28.4 Å². The number of fused-ring (bicyclic) bond motifs is 8. The second-order valence-corrected chi connectivity index (χ2v) is 21.7. The molecule has 13 rings (SSSR count). The molecule has 0 unspecified atom stereocenters. The average Bonchev–Trinajstić information content (AvgIpc) is 3.59. The van der Waals surface area contributed by atoms with Crippen molar-refractivity contribution in [2.75, 3.05) is 9.80 Å². The number of rotatable bonds is 4. The molecular weight excluding hydrogens is 833 g/mol. The van der Waals surface area contributed by atoms with E-state index in [0.717, 1.165) is 18.5 Å². The summed E-state index contributed by atoms with van der Waals surface area (Å²) in [6.45, 7) is 18.9. The van der Waals surface area contributed by atoms with Crippen molar-refractivity contribution in [1.29, 1.82) is 0 Å². The highest BCUT2D eigenvalue weighted by atomic mass is 15.2. The molecule has 2 aliphatic carbocycles. The fraction of sp³-hybridized carbons (Fsp3) is 0.194. The number of nitrogens with zero attached hydrogens (tertiary/aromatic N) is 2. The summed E-state index contributed by atoms with van der Waals surface area (Å²) in [7, 11) is 0. The van der Waals surface area contributed by atoms with Gasteiger partial charge in [0.2, 0.25) is 0 Å². The van der Waals surface area contributed by atoms with Crippen LogP contribution >= 0.6 is 0 Å². The molecule has 0 fully saturated rings. The molecular formula is C67H58N2. The fourth-order valence-corrected chi connectivity index (χ4v) is 13.1. The van der Waals surface area contributed by atoms with Gasteiger partial charge in [0.25, 0.3) is 0 Å². The summed E-state index contributed by atoms with van der Waals surface area (Å²) in [5, 5.41) is 5.01. The average molecular weight is 891 g/mol. The van der Waals surface area contributed by atoms with Gasteiger partial charge in [-0.25, -0.2) is 0 Å². The predicted octanol–water partition coefficient (Wildman–Crippen LogP) is 18.4. The van der Waals surface area contributed by atoms with E-state index in [1.807, 2.05) is 0 Å². The van der Waals surface area contributed by atoms with E-state index in [4.69, 9.17) is 0 Å². The zero-order valence-corrected chi connectivity index (χ0v) is 41.1. The molecule has 2 aliphatic heterocycles. The van der Waals surface area contributed by atoms with Gasteiger partial charge in [0.05, 0.1) is 17.1 Å². The summed E-state index contributed by atoms with van der Waals surface area (Å²) in [6, 6.07) is 65.3. The summed E-state index contributed by atoms with van der Waals surface area (Å²) >= 11 is 0. The van der Waals surface area contributed by atoms with Gasteiger partial charge in [-0.05, 0) is 181 Å². The topological polar surface area (TPSA) is 6.48 Å². The van der Waals surface area contributed by atoms with Gasteiger partial charge in [-0.3, -0.25) is 0 Å². The van der Waals surface area contributed by atoms with Gasteiger partial charge in [0, 0.05) is 33.3 Å². The maximum Gasteiger partial charge on any atom is 0.0502 e. The van der Waals surface area contributed by atoms with E-state index in [1.54, 1.807) is 0 Å². The summed E-state index contributed by atoms with van der Waals surface area (Å²) in [5.41, 5.74) is 25.6. The summed E-state index contributed by atoms with van der Waals surface area (Å²) < 4.78 is 0. The zero-order valence-electron chi connectivity index (χ0n) is 41.1. The van der Waals surface area contributed by atoms with Crippen LogP contribution in [0.1, 0.15) is 93.3 Å². The van der Waals surface area contributed by atoms with Crippen molar-refractivity contribution in [2.45, 2.75) is 84.5 Å². The van der Waals surface area contributed by atoms with Crippen LogP contribution in [0.15, 0.2) is 193 Å². The Hall–Kier alpha value is -7.42. The zero-order chi connectivity index (χ0) is 47.1. The highest BCUT2D eigenvalue weighted by molar-refractivity contribution is 6.23. The number of hydrogen-bond donors (Lipinski definition) is 0. The van der Waals surface area contributed by atoms with Gasteiger partial charge < -0.3 is 9.80 Å². The monoisotopic (exact) mass is 890 g/mol. The quantitative estimate of drug-likeness (QED) is 0.162. The Bertz CT molecular complexity index is 3690. The lowest BCUT2D eigenvalue weighted by molar-refractivity contribution is 0.571. The predicted molar refractivity (Wildman–Crippen MR) is 293 cm³/mol. The van der Waals surface area contributed by atoms with Crippen LogP contribution < -0.4 is 9.80 Å². The Morgan fingerprint density at radius 1 is 0.391 bits per heavy atom. The lowest BCUT2D eigenvalue weighted by Gasteiger charge is -2.44. The van der Waals surface area contributed by atoms with Crippen molar-refractivity contribution in [3.8, 4) is 33.4 Å². The van der Waals surface area contributed by atoms with Crippen LogP contribution in [0.3, 0.4) is 0 Å². The molecule has 69 heavy (non-hydrogen) atoms. The van der Waals surface area contributed by atoms with Gasteiger partial charge >= 0.3 is 0 Å². The number of aryl methyl sites for hydroxylation is 2. The molecule has 0 spiro atoms. The smallest absolute Gasteiger partial charge is 0.0502 e. The van der Waals surface area contributed by atoms with Gasteiger partial charge in [0.15, 0.2) is 0 Å². The molecule has 2 heteroatoms. The number of anilines is 5. The van der Waals surface area contributed by atoms with E-state index in [2.05, 4.69) is 247 Å². The van der Waals surface area contributed by atoms with E-state index in [1.165, 1.54) is 128 Å². The van der Waals surface area contributed by atoms with Crippen molar-refractivity contribution >= 4 is 50.0 Å². The maximum atomic E-state index is 2.56. The third-order valence-corrected chi connectivity index (χ3v) is 16.9. The second-order valence-electron chi connectivity index (χ2n) is 21.7. The molecule has 0 bridgehead atoms. The molecule has 4 aliphatic rings. The first-order chi connectivity index (χ1) is 33.3. The Balaban J connectivity index is 1.14. The van der Waals surface area contributed by atoms with Gasteiger partial charge in [-0.15, -0.1) is 0 Å². The first-order valence-electron chi connectivity index (χ1n) is 25.0. The number of para-hydroxylation sites is 3. The van der Waals surface area contributed by atoms with Crippen molar-refractivity contribution < 1.29 is 0 Å². The molecule has 336 valence electrons. The second kappa shape index (κ2) is 14.8. The molecule has 9 aromatic rings. The third-order valence-electron chi connectivity index (χ3n) is 16.9. The molecule has 0 amide bonds. The summed E-state index contributed by atoms with van der Waals surface area (Å²) in [5.74, 6) is 0. The van der Waals surface area contributed by atoms with Crippen molar-refractivity contribution in [3.63, 3.8) is 0 Å². The number of benzene rings is 9. The van der Waals surface area contributed by atoms with Crippen molar-refractivity contribution in [1.82, 2.24) is 0 Å². The minimum Gasteiger partial charge on any atom is -0.310 e. The van der Waals surface area contributed by atoms with E-state index < -0.39 is 0 Å². The van der Waals surface area contributed by atoms with Crippen LogP contribution in [0.2, 0.25) is 0 Å². The molecule has 0 saturated heterocycles. The lowest BCUT2D eigenvalue weighted by atomic mass is 9.70. The molecule has 0 N–H and O–H groups in total. The number of allylic oxidation sites excluding steroid dienone is 3. The molecule has 0 atom stereocenters. The molecule has 2 heterocycles. The van der Waals surface area contributed by atoms with Gasteiger partial charge in [0.1, 0.15) is 0 Å². The molecule has 0 aromatic heterocycles. The summed E-state index contributed by atoms with van der Waals surface area (Å²) in [6.07, 6.45) is 6.89. The van der Waals surface area contributed by atoms with E-state index in [0.29, 0.717) is 0 Å². The van der Waals surface area contributed by atoms with Crippen molar-refractivity contribution in [3.05, 3.63) is 232 Å². The van der Waals surface area contributed by atoms with Crippen LogP contribution in [-0.4, -0.2) is 0 Å². The van der Waals surface area contributed by atoms with Gasteiger partial charge in [-0.2, -0.15) is 0 Å². The Labute approximate surface area is 407 Å². The maximum absolute atomic E-state index is 2.56. The van der Waals surface area contributed by atoms with Gasteiger partial charge in [-0.1, -0.05) is 169 Å². The third kappa shape index (κ3) is 5.91. The minimum absolute atomic E-state index is 0.0699. The minimum atomic E-state index is -0.151. The number of hydrogen-bond acceptors (Lipinski definition) is 2.